The molecule has 1 heterocycles. The Hall–Kier alpha value is -1.76. The predicted octanol–water partition coefficient (Wildman–Crippen LogP) is -0.255. The second-order valence-corrected chi connectivity index (χ2v) is 3.63. The van der Waals surface area contributed by atoms with E-state index < -0.39 is 28.5 Å². The lowest BCUT2D eigenvalue weighted by Gasteiger charge is -2.13. The van der Waals surface area contributed by atoms with Gasteiger partial charge in [0, 0.05) is 19.0 Å². The molecule has 1 rings (SSSR count). The Morgan fingerprint density at radius 3 is 2.71 bits per heavy atom. The molecular weight excluding hydrogens is 228 g/mol. The second kappa shape index (κ2) is 6.09. The van der Waals surface area contributed by atoms with Gasteiger partial charge in [-0.2, -0.15) is 0 Å². The number of allylic oxidation sites excluding steroid dienone is 1. The zero-order valence-electron chi connectivity index (χ0n) is 9.42. The monoisotopic (exact) mass is 242 g/mol. The van der Waals surface area contributed by atoms with Crippen LogP contribution in [0.1, 0.15) is 6.92 Å². The molecule has 94 valence electrons. The molecular formula is C10H14N2O5. The number of carbonyl (C=O) groups excluding carboxylic acids is 2. The Balaban J connectivity index is 2.65. The highest BCUT2D eigenvalue weighted by atomic mass is 16.6. The summed E-state index contributed by atoms with van der Waals surface area (Å²) in [6, 6.07) is 0. The highest BCUT2D eigenvalue weighted by Gasteiger charge is 2.37. The van der Waals surface area contributed by atoms with Gasteiger partial charge in [0.1, 0.15) is 0 Å². The Kier molecular flexibility index (Phi) is 4.77. The van der Waals surface area contributed by atoms with Gasteiger partial charge in [0.05, 0.1) is 23.5 Å². The van der Waals surface area contributed by atoms with Crippen molar-refractivity contribution in [1.29, 1.82) is 0 Å². The quantitative estimate of drug-likeness (QED) is 0.309. The van der Waals surface area contributed by atoms with E-state index in [4.69, 9.17) is 4.74 Å². The second-order valence-electron chi connectivity index (χ2n) is 3.63. The molecule has 2 unspecified atom stereocenters. The zero-order chi connectivity index (χ0) is 12.8. The molecule has 7 nitrogen and oxygen atoms in total. The molecule has 0 radical (unpaired) electrons. The predicted molar refractivity (Wildman–Crippen MR) is 57.6 cm³/mol. The van der Waals surface area contributed by atoms with Crippen molar-refractivity contribution in [2.75, 3.05) is 19.7 Å². The largest absolute Gasteiger partial charge is 0.466 e. The maximum atomic E-state index is 11.6. The molecule has 0 aromatic heterocycles. The van der Waals surface area contributed by atoms with Crippen LogP contribution in [-0.2, 0) is 14.3 Å². The van der Waals surface area contributed by atoms with E-state index in [0.717, 1.165) is 6.08 Å². The molecule has 0 bridgehead atoms. The minimum atomic E-state index is -0.709. The standard InChI is InChI=1S/C10H14N2O5/c1-2-17-10(14)8-6-11-5-7(8)9(13)3-4-12(15)16/h3-4,7-8,11H,2,5-6H2,1H3/b4-3+. The minimum absolute atomic E-state index is 0.251. The number of hydrogen-bond acceptors (Lipinski definition) is 6. The summed E-state index contributed by atoms with van der Waals surface area (Å²) in [5.41, 5.74) is 0. The lowest BCUT2D eigenvalue weighted by atomic mass is 9.92. The Morgan fingerprint density at radius 1 is 1.47 bits per heavy atom. The smallest absolute Gasteiger partial charge is 0.311 e. The van der Waals surface area contributed by atoms with Crippen molar-refractivity contribution in [3.63, 3.8) is 0 Å². The van der Waals surface area contributed by atoms with Crippen molar-refractivity contribution in [2.45, 2.75) is 6.92 Å². The molecule has 0 aliphatic carbocycles. The van der Waals surface area contributed by atoms with Crippen molar-refractivity contribution in [3.05, 3.63) is 22.4 Å². The highest BCUT2D eigenvalue weighted by molar-refractivity contribution is 5.95. The first-order valence-corrected chi connectivity index (χ1v) is 5.29. The fourth-order valence-electron chi connectivity index (χ4n) is 1.73. The van der Waals surface area contributed by atoms with Crippen LogP contribution >= 0.6 is 0 Å². The summed E-state index contributed by atoms with van der Waals surface area (Å²) in [5.74, 6) is -2.00. The van der Waals surface area contributed by atoms with Crippen LogP contribution in [0.3, 0.4) is 0 Å². The van der Waals surface area contributed by atoms with Gasteiger partial charge in [-0.25, -0.2) is 0 Å². The molecule has 1 aliphatic rings. The van der Waals surface area contributed by atoms with Crippen molar-refractivity contribution in [2.24, 2.45) is 11.8 Å². The van der Waals surface area contributed by atoms with Gasteiger partial charge >= 0.3 is 5.97 Å². The molecule has 0 saturated carbocycles. The van der Waals surface area contributed by atoms with Crippen molar-refractivity contribution in [3.8, 4) is 0 Å². The number of nitrogens with zero attached hydrogens (tertiary/aromatic N) is 1. The van der Waals surface area contributed by atoms with Crippen LogP contribution < -0.4 is 5.32 Å². The molecule has 7 heteroatoms. The summed E-state index contributed by atoms with van der Waals surface area (Å²) in [4.78, 5) is 32.5. The van der Waals surface area contributed by atoms with Crippen LogP contribution in [0.4, 0.5) is 0 Å². The maximum absolute atomic E-state index is 11.6. The van der Waals surface area contributed by atoms with E-state index in [9.17, 15) is 19.7 Å². The molecule has 1 saturated heterocycles. The third-order valence-corrected chi connectivity index (χ3v) is 2.53. The summed E-state index contributed by atoms with van der Waals surface area (Å²) in [6.07, 6.45) is 1.48. The topological polar surface area (TPSA) is 98.5 Å². The Morgan fingerprint density at radius 2 is 2.12 bits per heavy atom. The fourth-order valence-corrected chi connectivity index (χ4v) is 1.73. The average Bonchev–Trinajstić information content (AvgIpc) is 2.75. The van der Waals surface area contributed by atoms with E-state index in [1.54, 1.807) is 6.92 Å². The van der Waals surface area contributed by atoms with Crippen LogP contribution in [0.15, 0.2) is 12.3 Å². The van der Waals surface area contributed by atoms with Gasteiger partial charge in [-0.1, -0.05) is 0 Å². The van der Waals surface area contributed by atoms with Gasteiger partial charge in [-0.05, 0) is 6.92 Å². The van der Waals surface area contributed by atoms with Gasteiger partial charge < -0.3 is 10.1 Å². The van der Waals surface area contributed by atoms with Crippen molar-refractivity contribution in [1.82, 2.24) is 5.32 Å². The van der Waals surface area contributed by atoms with Crippen LogP contribution in [0, 0.1) is 22.0 Å². The van der Waals surface area contributed by atoms with Gasteiger partial charge in [0.25, 0.3) is 0 Å². The summed E-state index contributed by atoms with van der Waals surface area (Å²) < 4.78 is 4.84. The van der Waals surface area contributed by atoms with E-state index in [1.165, 1.54) is 0 Å². The van der Waals surface area contributed by atoms with Crippen molar-refractivity contribution >= 4 is 11.8 Å². The molecule has 0 aromatic carbocycles. The average molecular weight is 242 g/mol. The van der Waals surface area contributed by atoms with Gasteiger partial charge in [0.15, 0.2) is 5.78 Å². The van der Waals surface area contributed by atoms with Gasteiger partial charge in [0.2, 0.25) is 6.20 Å². The number of ketones is 1. The van der Waals surface area contributed by atoms with Gasteiger partial charge in [-0.15, -0.1) is 0 Å². The molecule has 17 heavy (non-hydrogen) atoms. The summed E-state index contributed by atoms with van der Waals surface area (Å²) in [6.45, 7) is 2.64. The normalized spacial score (nSPS) is 23.8. The van der Waals surface area contributed by atoms with E-state index in [2.05, 4.69) is 5.32 Å². The molecule has 0 spiro atoms. The summed E-state index contributed by atoms with van der Waals surface area (Å²) >= 11 is 0. The van der Waals surface area contributed by atoms with Crippen LogP contribution in [0.25, 0.3) is 0 Å². The number of carbonyl (C=O) groups is 2. The third kappa shape index (κ3) is 3.63. The zero-order valence-corrected chi connectivity index (χ0v) is 9.42. The Bertz CT molecular complexity index is 353. The molecule has 0 amide bonds. The maximum Gasteiger partial charge on any atom is 0.311 e. The van der Waals surface area contributed by atoms with Crippen LogP contribution in [0.5, 0.6) is 0 Å². The SMILES string of the molecule is CCOC(=O)C1CNCC1C(=O)/C=C/[N+](=O)[O-]. The third-order valence-electron chi connectivity index (χ3n) is 2.53. The molecule has 1 N–H and O–H groups in total. The van der Waals surface area contributed by atoms with Crippen molar-refractivity contribution < 1.29 is 19.2 Å². The Labute approximate surface area is 98.0 Å². The first-order valence-electron chi connectivity index (χ1n) is 5.29. The molecule has 0 aromatic rings. The fraction of sp³-hybridized carbons (Fsp3) is 0.600. The highest BCUT2D eigenvalue weighted by Crippen LogP contribution is 2.19. The number of ether oxygens (including phenoxy) is 1. The minimum Gasteiger partial charge on any atom is -0.466 e. The van der Waals surface area contributed by atoms with E-state index >= 15 is 0 Å². The first-order chi connectivity index (χ1) is 8.06. The number of rotatable bonds is 5. The number of hydrogen-bond donors (Lipinski definition) is 1. The first kappa shape index (κ1) is 13.3. The molecule has 1 fully saturated rings. The summed E-state index contributed by atoms with van der Waals surface area (Å²) in [7, 11) is 0. The van der Waals surface area contributed by atoms with E-state index in [0.29, 0.717) is 19.3 Å². The number of nitro groups is 1. The lowest BCUT2D eigenvalue weighted by molar-refractivity contribution is -0.402. The van der Waals surface area contributed by atoms with Gasteiger partial charge in [-0.3, -0.25) is 19.7 Å². The summed E-state index contributed by atoms with van der Waals surface area (Å²) in [5, 5.41) is 13.0. The molecule has 2 atom stereocenters. The molecule has 1 aliphatic heterocycles. The number of nitrogens with one attached hydrogen (secondary N) is 1. The lowest BCUT2D eigenvalue weighted by Crippen LogP contribution is -2.29. The van der Waals surface area contributed by atoms with E-state index in [1.807, 2.05) is 0 Å². The number of esters is 1. The van der Waals surface area contributed by atoms with Crippen LogP contribution in [-0.4, -0.2) is 36.4 Å². The van der Waals surface area contributed by atoms with E-state index in [-0.39, 0.29) is 6.61 Å². The van der Waals surface area contributed by atoms with Crippen LogP contribution in [0.2, 0.25) is 0 Å².